The lowest BCUT2D eigenvalue weighted by atomic mass is 10.2. The molecule has 2 N–H and O–H groups in total. The van der Waals surface area contributed by atoms with Gasteiger partial charge in [-0.05, 0) is 55.5 Å². The van der Waals surface area contributed by atoms with Crippen molar-refractivity contribution in [1.82, 2.24) is 20.1 Å². The second kappa shape index (κ2) is 8.48. The SMILES string of the molecule is CCOc1ccc(-c2n[nH]c(=S)n2CCC(=O)NCc2ccco2)cc1. The van der Waals surface area contributed by atoms with Gasteiger partial charge in [-0.2, -0.15) is 5.10 Å². The molecule has 2 aromatic heterocycles. The molecule has 0 saturated carbocycles. The maximum absolute atomic E-state index is 12.1. The fraction of sp³-hybridized carbons (Fsp3) is 0.278. The number of benzene rings is 1. The first-order valence-electron chi connectivity index (χ1n) is 8.35. The van der Waals surface area contributed by atoms with Gasteiger partial charge in [-0.1, -0.05) is 0 Å². The van der Waals surface area contributed by atoms with Crippen LogP contribution in [-0.2, 0) is 17.9 Å². The molecule has 1 aromatic carbocycles. The van der Waals surface area contributed by atoms with E-state index in [1.165, 1.54) is 0 Å². The summed E-state index contributed by atoms with van der Waals surface area (Å²) in [6.07, 6.45) is 1.87. The molecule has 0 spiro atoms. The van der Waals surface area contributed by atoms with E-state index in [1.54, 1.807) is 12.3 Å². The van der Waals surface area contributed by atoms with Gasteiger partial charge in [0.15, 0.2) is 10.6 Å². The fourth-order valence-electron chi connectivity index (χ4n) is 2.51. The van der Waals surface area contributed by atoms with Crippen molar-refractivity contribution in [2.45, 2.75) is 26.4 Å². The molecule has 7 nitrogen and oxygen atoms in total. The molecule has 8 heteroatoms. The number of carbonyl (C=O) groups is 1. The quantitative estimate of drug-likeness (QED) is 0.593. The molecule has 0 saturated heterocycles. The van der Waals surface area contributed by atoms with E-state index in [0.717, 1.165) is 11.3 Å². The van der Waals surface area contributed by atoms with E-state index in [2.05, 4.69) is 15.5 Å². The number of rotatable bonds is 8. The van der Waals surface area contributed by atoms with Crippen molar-refractivity contribution in [2.75, 3.05) is 6.61 Å². The van der Waals surface area contributed by atoms with Gasteiger partial charge >= 0.3 is 0 Å². The minimum absolute atomic E-state index is 0.0813. The summed E-state index contributed by atoms with van der Waals surface area (Å²) in [5.41, 5.74) is 0.900. The average molecular weight is 372 g/mol. The molecule has 0 unspecified atom stereocenters. The number of hydrogen-bond donors (Lipinski definition) is 2. The number of amides is 1. The van der Waals surface area contributed by atoms with Gasteiger partial charge in [-0.15, -0.1) is 0 Å². The summed E-state index contributed by atoms with van der Waals surface area (Å²) in [7, 11) is 0. The van der Waals surface area contributed by atoms with Crippen LogP contribution in [-0.4, -0.2) is 27.3 Å². The van der Waals surface area contributed by atoms with Crippen LogP contribution < -0.4 is 10.1 Å². The largest absolute Gasteiger partial charge is 0.494 e. The topological polar surface area (TPSA) is 85.1 Å². The molecule has 0 bridgehead atoms. The van der Waals surface area contributed by atoms with E-state index < -0.39 is 0 Å². The summed E-state index contributed by atoms with van der Waals surface area (Å²) in [5.74, 6) is 2.13. The van der Waals surface area contributed by atoms with Crippen molar-refractivity contribution in [1.29, 1.82) is 0 Å². The molecule has 3 aromatic rings. The van der Waals surface area contributed by atoms with Crippen LogP contribution in [0.4, 0.5) is 0 Å². The monoisotopic (exact) mass is 372 g/mol. The molecule has 3 rings (SSSR count). The Morgan fingerprint density at radius 3 is 2.85 bits per heavy atom. The standard InChI is InChI=1S/C18H20N4O3S/c1-2-24-14-7-5-13(6-8-14)17-20-21-18(26)22(17)10-9-16(23)19-12-15-4-3-11-25-15/h3-8,11H,2,9-10,12H2,1H3,(H,19,23)(H,21,26). The molecule has 2 heterocycles. The summed E-state index contributed by atoms with van der Waals surface area (Å²) >= 11 is 5.30. The van der Waals surface area contributed by atoms with Gasteiger partial charge < -0.3 is 14.5 Å². The van der Waals surface area contributed by atoms with E-state index in [4.69, 9.17) is 21.4 Å². The van der Waals surface area contributed by atoms with E-state index in [9.17, 15) is 4.79 Å². The van der Waals surface area contributed by atoms with Gasteiger partial charge in [0, 0.05) is 18.5 Å². The zero-order chi connectivity index (χ0) is 18.4. The number of ether oxygens (including phenoxy) is 1. The van der Waals surface area contributed by atoms with Crippen molar-refractivity contribution < 1.29 is 13.9 Å². The molecular formula is C18H20N4O3S. The van der Waals surface area contributed by atoms with Gasteiger partial charge in [0.05, 0.1) is 19.4 Å². The third kappa shape index (κ3) is 4.40. The summed E-state index contributed by atoms with van der Waals surface area (Å²) < 4.78 is 12.9. The Hall–Kier alpha value is -2.87. The van der Waals surface area contributed by atoms with Crippen molar-refractivity contribution >= 4 is 18.1 Å². The Kier molecular flexibility index (Phi) is 5.85. The molecule has 0 radical (unpaired) electrons. The number of nitrogens with zero attached hydrogens (tertiary/aromatic N) is 2. The summed E-state index contributed by atoms with van der Waals surface area (Å²) in [4.78, 5) is 12.1. The minimum Gasteiger partial charge on any atom is -0.494 e. The number of furan rings is 1. The van der Waals surface area contributed by atoms with Crippen molar-refractivity contribution in [3.63, 3.8) is 0 Å². The van der Waals surface area contributed by atoms with E-state index in [0.29, 0.717) is 42.5 Å². The lowest BCUT2D eigenvalue weighted by Crippen LogP contribution is -2.23. The van der Waals surface area contributed by atoms with Crippen molar-refractivity contribution in [2.24, 2.45) is 0 Å². The highest BCUT2D eigenvalue weighted by atomic mass is 32.1. The molecular weight excluding hydrogens is 352 g/mol. The van der Waals surface area contributed by atoms with Gasteiger partial charge in [-0.3, -0.25) is 14.5 Å². The van der Waals surface area contributed by atoms with Crippen LogP contribution in [0.5, 0.6) is 5.75 Å². The van der Waals surface area contributed by atoms with Crippen LogP contribution in [0.1, 0.15) is 19.1 Å². The zero-order valence-electron chi connectivity index (χ0n) is 14.4. The lowest BCUT2D eigenvalue weighted by Gasteiger charge is -2.08. The number of H-pyrrole nitrogens is 1. The number of nitrogens with one attached hydrogen (secondary N) is 2. The third-order valence-corrected chi connectivity index (χ3v) is 4.10. The zero-order valence-corrected chi connectivity index (χ0v) is 15.2. The second-order valence-corrected chi connectivity index (χ2v) is 5.95. The fourth-order valence-corrected chi connectivity index (χ4v) is 2.74. The predicted octanol–water partition coefficient (Wildman–Crippen LogP) is 3.31. The van der Waals surface area contributed by atoms with Crippen LogP contribution in [0.15, 0.2) is 47.1 Å². The Morgan fingerprint density at radius 1 is 1.35 bits per heavy atom. The van der Waals surface area contributed by atoms with E-state index >= 15 is 0 Å². The van der Waals surface area contributed by atoms with Gasteiger partial charge in [0.25, 0.3) is 0 Å². The van der Waals surface area contributed by atoms with Crippen LogP contribution in [0, 0.1) is 4.77 Å². The third-order valence-electron chi connectivity index (χ3n) is 3.78. The van der Waals surface area contributed by atoms with Gasteiger partial charge in [-0.25, -0.2) is 0 Å². The Labute approximate surface area is 156 Å². The smallest absolute Gasteiger partial charge is 0.222 e. The Morgan fingerprint density at radius 2 is 2.15 bits per heavy atom. The lowest BCUT2D eigenvalue weighted by molar-refractivity contribution is -0.121. The predicted molar refractivity (Wildman–Crippen MR) is 99.2 cm³/mol. The van der Waals surface area contributed by atoms with E-state index in [1.807, 2.05) is 41.8 Å². The Balaban J connectivity index is 1.64. The molecule has 0 aliphatic carbocycles. The Bertz CT molecular complexity index is 897. The molecule has 26 heavy (non-hydrogen) atoms. The minimum atomic E-state index is -0.0813. The van der Waals surface area contributed by atoms with E-state index in [-0.39, 0.29) is 5.91 Å². The van der Waals surface area contributed by atoms with Crippen molar-refractivity contribution in [3.05, 3.63) is 53.2 Å². The summed E-state index contributed by atoms with van der Waals surface area (Å²) in [6, 6.07) is 11.2. The maximum atomic E-state index is 12.1. The highest BCUT2D eigenvalue weighted by Crippen LogP contribution is 2.21. The molecule has 0 aliphatic rings. The van der Waals surface area contributed by atoms with Crippen LogP contribution in [0.2, 0.25) is 0 Å². The van der Waals surface area contributed by atoms with Crippen LogP contribution in [0.3, 0.4) is 0 Å². The first kappa shape index (κ1) is 17.9. The van der Waals surface area contributed by atoms with Crippen molar-refractivity contribution in [3.8, 4) is 17.1 Å². The normalized spacial score (nSPS) is 10.7. The first-order chi connectivity index (χ1) is 12.7. The van der Waals surface area contributed by atoms with Crippen LogP contribution in [0.25, 0.3) is 11.4 Å². The van der Waals surface area contributed by atoms with Crippen LogP contribution >= 0.6 is 12.2 Å². The number of aromatic amines is 1. The summed E-state index contributed by atoms with van der Waals surface area (Å²) in [5, 5.41) is 9.90. The summed E-state index contributed by atoms with van der Waals surface area (Å²) in [6.45, 7) is 3.36. The van der Waals surface area contributed by atoms with Gasteiger partial charge in [0.2, 0.25) is 5.91 Å². The molecule has 0 fully saturated rings. The molecule has 136 valence electrons. The molecule has 0 atom stereocenters. The highest BCUT2D eigenvalue weighted by Gasteiger charge is 2.11. The number of hydrogen-bond acceptors (Lipinski definition) is 5. The molecule has 1 amide bonds. The second-order valence-electron chi connectivity index (χ2n) is 5.57. The molecule has 0 aliphatic heterocycles. The highest BCUT2D eigenvalue weighted by molar-refractivity contribution is 7.71. The maximum Gasteiger partial charge on any atom is 0.222 e. The average Bonchev–Trinajstić information content (AvgIpc) is 3.29. The number of aromatic nitrogens is 3. The first-order valence-corrected chi connectivity index (χ1v) is 8.75. The van der Waals surface area contributed by atoms with Gasteiger partial charge in [0.1, 0.15) is 11.5 Å². The number of carbonyl (C=O) groups excluding carboxylic acids is 1.